The minimum atomic E-state index is -0.795. The predicted molar refractivity (Wildman–Crippen MR) is 73.5 cm³/mol. The lowest BCUT2D eigenvalue weighted by Gasteiger charge is -2.37. The Morgan fingerprint density at radius 1 is 1.47 bits per heavy atom. The lowest BCUT2D eigenvalue weighted by atomic mass is 9.79. The van der Waals surface area contributed by atoms with Crippen LogP contribution in [-0.2, 0) is 4.79 Å². The van der Waals surface area contributed by atoms with Crippen LogP contribution in [0.5, 0.6) is 0 Å². The van der Waals surface area contributed by atoms with E-state index in [9.17, 15) is 4.79 Å². The van der Waals surface area contributed by atoms with E-state index in [0.717, 1.165) is 32.1 Å². The van der Waals surface area contributed by atoms with Gasteiger partial charge in [0.2, 0.25) is 0 Å². The number of aryl methyl sites for hydroxylation is 1. The van der Waals surface area contributed by atoms with Gasteiger partial charge in [0.05, 0.1) is 12.6 Å². The third kappa shape index (κ3) is 3.56. The summed E-state index contributed by atoms with van der Waals surface area (Å²) >= 11 is 6.08. The maximum Gasteiger partial charge on any atom is 0.305 e. The SMILES string of the molecule is Cc1ncc(Cl)c(NC2(CC(=O)O)CCCCC2)n1. The highest BCUT2D eigenvalue weighted by Gasteiger charge is 2.35. The first-order chi connectivity index (χ1) is 9.01. The van der Waals surface area contributed by atoms with Crippen LogP contribution in [0.4, 0.5) is 5.82 Å². The Labute approximate surface area is 117 Å². The van der Waals surface area contributed by atoms with E-state index in [-0.39, 0.29) is 6.42 Å². The van der Waals surface area contributed by atoms with Crippen molar-refractivity contribution in [2.24, 2.45) is 0 Å². The summed E-state index contributed by atoms with van der Waals surface area (Å²) in [4.78, 5) is 19.4. The van der Waals surface area contributed by atoms with Gasteiger partial charge in [0.1, 0.15) is 16.7 Å². The van der Waals surface area contributed by atoms with E-state index in [4.69, 9.17) is 16.7 Å². The van der Waals surface area contributed by atoms with Crippen LogP contribution in [0.15, 0.2) is 6.20 Å². The first kappa shape index (κ1) is 14.1. The molecule has 0 atom stereocenters. The zero-order valence-electron chi connectivity index (χ0n) is 10.9. The molecular weight excluding hydrogens is 266 g/mol. The van der Waals surface area contributed by atoms with E-state index in [1.807, 2.05) is 0 Å². The maximum absolute atomic E-state index is 11.1. The molecule has 0 radical (unpaired) electrons. The third-order valence-electron chi connectivity index (χ3n) is 3.55. The summed E-state index contributed by atoms with van der Waals surface area (Å²) in [6.45, 7) is 1.78. The van der Waals surface area contributed by atoms with Gasteiger partial charge >= 0.3 is 5.97 Å². The number of anilines is 1. The van der Waals surface area contributed by atoms with Gasteiger partial charge in [-0.1, -0.05) is 30.9 Å². The van der Waals surface area contributed by atoms with Crippen molar-refractivity contribution >= 4 is 23.4 Å². The Morgan fingerprint density at radius 3 is 2.79 bits per heavy atom. The van der Waals surface area contributed by atoms with Crippen LogP contribution in [0.3, 0.4) is 0 Å². The van der Waals surface area contributed by atoms with Gasteiger partial charge in [-0.3, -0.25) is 4.79 Å². The fraction of sp³-hybridized carbons (Fsp3) is 0.615. The molecule has 1 fully saturated rings. The summed E-state index contributed by atoms with van der Waals surface area (Å²) < 4.78 is 0. The lowest BCUT2D eigenvalue weighted by molar-refractivity contribution is -0.138. The monoisotopic (exact) mass is 283 g/mol. The molecule has 6 heteroatoms. The van der Waals surface area contributed by atoms with Gasteiger partial charge in [0, 0.05) is 5.54 Å². The molecule has 2 N–H and O–H groups in total. The molecule has 0 aromatic carbocycles. The zero-order chi connectivity index (χ0) is 13.9. The molecule has 1 heterocycles. The van der Waals surface area contributed by atoms with Crippen molar-refractivity contribution in [2.45, 2.75) is 51.0 Å². The number of carbonyl (C=O) groups is 1. The highest BCUT2D eigenvalue weighted by Crippen LogP contribution is 2.35. The van der Waals surface area contributed by atoms with E-state index in [0.29, 0.717) is 16.7 Å². The van der Waals surface area contributed by atoms with Crippen molar-refractivity contribution in [1.82, 2.24) is 9.97 Å². The number of aliphatic carboxylic acids is 1. The topological polar surface area (TPSA) is 75.1 Å². The molecule has 1 aromatic rings. The molecule has 2 rings (SSSR count). The quantitative estimate of drug-likeness (QED) is 0.888. The van der Waals surface area contributed by atoms with Crippen LogP contribution >= 0.6 is 11.6 Å². The molecule has 19 heavy (non-hydrogen) atoms. The largest absolute Gasteiger partial charge is 0.481 e. The van der Waals surface area contributed by atoms with E-state index in [1.165, 1.54) is 0 Å². The Kier molecular flexibility index (Phi) is 4.24. The average molecular weight is 284 g/mol. The van der Waals surface area contributed by atoms with E-state index in [2.05, 4.69) is 15.3 Å². The Hall–Kier alpha value is -1.36. The second-order valence-electron chi connectivity index (χ2n) is 5.15. The molecule has 0 aliphatic heterocycles. The van der Waals surface area contributed by atoms with Crippen molar-refractivity contribution in [3.8, 4) is 0 Å². The Balaban J connectivity index is 2.24. The van der Waals surface area contributed by atoms with Crippen LogP contribution in [0.1, 0.15) is 44.3 Å². The van der Waals surface area contributed by atoms with Gasteiger partial charge in [0.15, 0.2) is 0 Å². The highest BCUT2D eigenvalue weighted by molar-refractivity contribution is 6.32. The second kappa shape index (κ2) is 5.74. The minimum Gasteiger partial charge on any atom is -0.481 e. The number of nitrogens with one attached hydrogen (secondary N) is 1. The summed E-state index contributed by atoms with van der Waals surface area (Å²) in [6.07, 6.45) is 6.51. The van der Waals surface area contributed by atoms with Gasteiger partial charge in [-0.2, -0.15) is 0 Å². The molecule has 1 saturated carbocycles. The van der Waals surface area contributed by atoms with Crippen LogP contribution in [0.25, 0.3) is 0 Å². The predicted octanol–water partition coefficient (Wildman–Crippen LogP) is 3.03. The Morgan fingerprint density at radius 2 is 2.16 bits per heavy atom. The molecule has 5 nitrogen and oxygen atoms in total. The standard InChI is InChI=1S/C13H18ClN3O2/c1-9-15-8-10(14)12(16-9)17-13(7-11(18)19)5-3-2-4-6-13/h8H,2-7H2,1H3,(H,18,19)(H,15,16,17). The van der Waals surface area contributed by atoms with Gasteiger partial charge in [0.25, 0.3) is 0 Å². The van der Waals surface area contributed by atoms with E-state index in [1.54, 1.807) is 13.1 Å². The molecule has 1 aromatic heterocycles. The minimum absolute atomic E-state index is 0.0897. The van der Waals surface area contributed by atoms with Crippen molar-refractivity contribution < 1.29 is 9.90 Å². The number of hydrogen-bond donors (Lipinski definition) is 2. The average Bonchev–Trinajstić information content (AvgIpc) is 2.34. The fourth-order valence-electron chi connectivity index (χ4n) is 2.66. The summed E-state index contributed by atoms with van der Waals surface area (Å²) in [5.41, 5.74) is -0.436. The summed E-state index contributed by atoms with van der Waals surface area (Å²) in [5, 5.41) is 12.8. The van der Waals surface area contributed by atoms with Crippen molar-refractivity contribution in [3.63, 3.8) is 0 Å². The fourth-order valence-corrected chi connectivity index (χ4v) is 2.80. The van der Waals surface area contributed by atoms with Gasteiger partial charge in [-0.05, 0) is 19.8 Å². The molecule has 1 aliphatic rings. The number of carboxylic acid groups (broad SMARTS) is 1. The van der Waals surface area contributed by atoms with Crippen molar-refractivity contribution in [3.05, 3.63) is 17.0 Å². The van der Waals surface area contributed by atoms with Gasteiger partial charge in [-0.15, -0.1) is 0 Å². The van der Waals surface area contributed by atoms with E-state index >= 15 is 0 Å². The first-order valence-corrected chi connectivity index (χ1v) is 6.88. The van der Waals surface area contributed by atoms with Gasteiger partial charge in [-0.25, -0.2) is 9.97 Å². The smallest absolute Gasteiger partial charge is 0.305 e. The first-order valence-electron chi connectivity index (χ1n) is 6.50. The van der Waals surface area contributed by atoms with E-state index < -0.39 is 11.5 Å². The molecule has 0 spiro atoms. The normalized spacial score (nSPS) is 18.0. The summed E-state index contributed by atoms with van der Waals surface area (Å²) in [7, 11) is 0. The number of hydrogen-bond acceptors (Lipinski definition) is 4. The second-order valence-corrected chi connectivity index (χ2v) is 5.56. The summed E-state index contributed by atoms with van der Waals surface area (Å²) in [5.74, 6) is 0.363. The molecule has 0 unspecified atom stereocenters. The Bertz CT molecular complexity index is 473. The van der Waals surface area contributed by atoms with Gasteiger partial charge < -0.3 is 10.4 Å². The molecule has 0 saturated heterocycles. The van der Waals surface area contributed by atoms with Crippen molar-refractivity contribution in [2.75, 3.05) is 5.32 Å². The molecule has 104 valence electrons. The molecule has 1 aliphatic carbocycles. The maximum atomic E-state index is 11.1. The third-order valence-corrected chi connectivity index (χ3v) is 3.82. The molecule has 0 bridgehead atoms. The number of carboxylic acids is 1. The van der Waals surface area contributed by atoms with Crippen LogP contribution in [0, 0.1) is 6.92 Å². The van der Waals surface area contributed by atoms with Crippen LogP contribution < -0.4 is 5.32 Å². The zero-order valence-corrected chi connectivity index (χ0v) is 11.7. The highest BCUT2D eigenvalue weighted by atomic mass is 35.5. The number of nitrogens with zero attached hydrogens (tertiary/aromatic N) is 2. The number of halogens is 1. The van der Waals surface area contributed by atoms with Crippen LogP contribution in [-0.4, -0.2) is 26.6 Å². The summed E-state index contributed by atoms with van der Waals surface area (Å²) in [6, 6.07) is 0. The van der Waals surface area contributed by atoms with Crippen molar-refractivity contribution in [1.29, 1.82) is 0 Å². The number of aromatic nitrogens is 2. The lowest BCUT2D eigenvalue weighted by Crippen LogP contribution is -2.42. The molecule has 0 amide bonds. The molecular formula is C13H18ClN3O2. The number of rotatable bonds is 4. The van der Waals surface area contributed by atoms with Crippen LogP contribution in [0.2, 0.25) is 5.02 Å².